The van der Waals surface area contributed by atoms with Gasteiger partial charge in [-0.05, 0) is 48.2 Å². The minimum absolute atomic E-state index is 0.00492. The van der Waals surface area contributed by atoms with Gasteiger partial charge < -0.3 is 10.2 Å². The molecule has 3 aromatic rings. The predicted octanol–water partition coefficient (Wildman–Crippen LogP) is 5.06. The summed E-state index contributed by atoms with van der Waals surface area (Å²) in [5, 5.41) is 2.96. The molecule has 0 radical (unpaired) electrons. The largest absolute Gasteiger partial charge is 0.326 e. The van der Waals surface area contributed by atoms with Crippen molar-refractivity contribution in [3.8, 4) is 0 Å². The topological polar surface area (TPSA) is 49.4 Å². The second kappa shape index (κ2) is 9.18. The van der Waals surface area contributed by atoms with Crippen molar-refractivity contribution < 1.29 is 9.59 Å². The quantitative estimate of drug-likeness (QED) is 0.611. The van der Waals surface area contributed by atoms with Crippen LogP contribution in [0.1, 0.15) is 32.4 Å². The highest BCUT2D eigenvalue weighted by molar-refractivity contribution is 8.00. The molecule has 0 bridgehead atoms. The standard InChI is InChI=1S/C25H24N2O2S/c1-18-7-5-6-10-22(18)26-24(29)20-11-13-21(14-12-20)25-27(23(28)17-30-25)16-15-19-8-3-2-4-9-19/h2-14,25H,15-17H2,1H3,(H,26,29)/t25-/m1/s1. The van der Waals surface area contributed by atoms with Crippen LogP contribution in [0.5, 0.6) is 0 Å². The summed E-state index contributed by atoms with van der Waals surface area (Å²) in [6.07, 6.45) is 0.834. The first-order valence-corrected chi connectivity index (χ1v) is 11.1. The van der Waals surface area contributed by atoms with Crippen LogP contribution < -0.4 is 5.32 Å². The minimum atomic E-state index is -0.132. The number of nitrogens with zero attached hydrogens (tertiary/aromatic N) is 1. The van der Waals surface area contributed by atoms with Crippen LogP contribution in [0.2, 0.25) is 0 Å². The first-order valence-electron chi connectivity index (χ1n) is 10.0. The first-order chi connectivity index (χ1) is 14.6. The molecule has 1 aliphatic heterocycles. The molecule has 1 fully saturated rings. The van der Waals surface area contributed by atoms with Crippen molar-refractivity contribution in [2.24, 2.45) is 0 Å². The minimum Gasteiger partial charge on any atom is -0.326 e. The van der Waals surface area contributed by atoms with Crippen molar-refractivity contribution in [1.29, 1.82) is 0 Å². The van der Waals surface area contributed by atoms with Crippen molar-refractivity contribution in [3.63, 3.8) is 0 Å². The molecular weight excluding hydrogens is 392 g/mol. The third-order valence-electron chi connectivity index (χ3n) is 5.30. The van der Waals surface area contributed by atoms with Gasteiger partial charge in [0, 0.05) is 17.8 Å². The molecule has 1 saturated heterocycles. The van der Waals surface area contributed by atoms with Crippen molar-refractivity contribution in [1.82, 2.24) is 4.90 Å². The highest BCUT2D eigenvalue weighted by atomic mass is 32.2. The molecule has 3 aromatic carbocycles. The van der Waals surface area contributed by atoms with Crippen LogP contribution in [-0.4, -0.2) is 29.0 Å². The summed E-state index contributed by atoms with van der Waals surface area (Å²) >= 11 is 1.64. The zero-order chi connectivity index (χ0) is 20.9. The number of para-hydroxylation sites is 1. The van der Waals surface area contributed by atoms with E-state index in [1.54, 1.807) is 11.8 Å². The lowest BCUT2D eigenvalue weighted by Gasteiger charge is -2.24. The number of carbonyl (C=O) groups excluding carboxylic acids is 2. The van der Waals surface area contributed by atoms with Crippen LogP contribution in [-0.2, 0) is 11.2 Å². The highest BCUT2D eigenvalue weighted by Crippen LogP contribution is 2.38. The molecule has 0 aliphatic carbocycles. The average molecular weight is 417 g/mol. The molecule has 1 N–H and O–H groups in total. The molecule has 152 valence electrons. The van der Waals surface area contributed by atoms with Gasteiger partial charge in [0.05, 0.1) is 5.75 Å². The maximum atomic E-state index is 12.6. The summed E-state index contributed by atoms with van der Waals surface area (Å²) in [7, 11) is 0. The van der Waals surface area contributed by atoms with Gasteiger partial charge in [-0.15, -0.1) is 11.8 Å². The number of amides is 2. The fourth-order valence-corrected chi connectivity index (χ4v) is 4.79. The third kappa shape index (κ3) is 4.57. The Morgan fingerprint density at radius 1 is 1.00 bits per heavy atom. The Bertz CT molecular complexity index is 1030. The zero-order valence-corrected chi connectivity index (χ0v) is 17.7. The SMILES string of the molecule is Cc1ccccc1NC(=O)c1ccc([C@H]2SCC(=O)N2CCc2ccccc2)cc1. The molecule has 1 heterocycles. The molecule has 1 aliphatic rings. The molecule has 0 saturated carbocycles. The molecule has 0 aromatic heterocycles. The Hall–Kier alpha value is -3.05. The smallest absolute Gasteiger partial charge is 0.255 e. The van der Waals surface area contributed by atoms with Crippen molar-refractivity contribution in [2.45, 2.75) is 18.7 Å². The first kappa shape index (κ1) is 20.2. The number of nitrogens with one attached hydrogen (secondary N) is 1. The van der Waals surface area contributed by atoms with Crippen LogP contribution in [0, 0.1) is 6.92 Å². The van der Waals surface area contributed by atoms with Gasteiger partial charge in [0.2, 0.25) is 5.91 Å². The molecule has 4 rings (SSSR count). The van der Waals surface area contributed by atoms with E-state index < -0.39 is 0 Å². The Morgan fingerprint density at radius 3 is 2.43 bits per heavy atom. The Kier molecular flexibility index (Phi) is 6.19. The zero-order valence-electron chi connectivity index (χ0n) is 16.9. The van der Waals surface area contributed by atoms with Crippen molar-refractivity contribution in [2.75, 3.05) is 17.6 Å². The number of carbonyl (C=O) groups is 2. The van der Waals surface area contributed by atoms with Crippen LogP contribution in [0.3, 0.4) is 0 Å². The number of rotatable bonds is 6. The molecule has 5 heteroatoms. The summed E-state index contributed by atoms with van der Waals surface area (Å²) in [4.78, 5) is 27.0. The molecule has 2 amide bonds. The second-order valence-corrected chi connectivity index (χ2v) is 8.45. The lowest BCUT2D eigenvalue weighted by Crippen LogP contribution is -2.30. The fourth-order valence-electron chi connectivity index (χ4n) is 3.57. The lowest BCUT2D eigenvalue weighted by atomic mass is 10.1. The van der Waals surface area contributed by atoms with Gasteiger partial charge in [-0.1, -0.05) is 60.7 Å². The lowest BCUT2D eigenvalue weighted by molar-refractivity contribution is -0.128. The number of benzene rings is 3. The van der Waals surface area contributed by atoms with E-state index in [1.807, 2.05) is 78.6 Å². The summed E-state index contributed by atoms with van der Waals surface area (Å²) in [5.74, 6) is 0.531. The highest BCUT2D eigenvalue weighted by Gasteiger charge is 2.32. The summed E-state index contributed by atoms with van der Waals surface area (Å²) in [6.45, 7) is 2.66. The predicted molar refractivity (Wildman–Crippen MR) is 123 cm³/mol. The van der Waals surface area contributed by atoms with E-state index in [2.05, 4.69) is 17.4 Å². The van der Waals surface area contributed by atoms with Gasteiger partial charge in [-0.2, -0.15) is 0 Å². The molecule has 1 atom stereocenters. The van der Waals surface area contributed by atoms with E-state index in [0.717, 1.165) is 23.2 Å². The third-order valence-corrected chi connectivity index (χ3v) is 6.56. The van der Waals surface area contributed by atoms with Gasteiger partial charge in [-0.3, -0.25) is 9.59 Å². The van der Waals surface area contributed by atoms with Gasteiger partial charge >= 0.3 is 0 Å². The van der Waals surface area contributed by atoms with E-state index in [4.69, 9.17) is 0 Å². The van der Waals surface area contributed by atoms with E-state index in [9.17, 15) is 9.59 Å². The van der Waals surface area contributed by atoms with Gasteiger partial charge in [-0.25, -0.2) is 0 Å². The molecule has 0 spiro atoms. The van der Waals surface area contributed by atoms with Crippen LogP contribution in [0.4, 0.5) is 5.69 Å². The summed E-state index contributed by atoms with van der Waals surface area (Å²) in [6, 6.07) is 25.5. The monoisotopic (exact) mass is 416 g/mol. The normalized spacial score (nSPS) is 16.0. The number of hydrogen-bond acceptors (Lipinski definition) is 3. The molecule has 0 unspecified atom stereocenters. The van der Waals surface area contributed by atoms with Crippen molar-refractivity contribution >= 4 is 29.3 Å². The maximum Gasteiger partial charge on any atom is 0.255 e. The Morgan fingerprint density at radius 2 is 1.70 bits per heavy atom. The van der Waals surface area contributed by atoms with E-state index >= 15 is 0 Å². The van der Waals surface area contributed by atoms with E-state index in [0.29, 0.717) is 17.9 Å². The number of thioether (sulfide) groups is 1. The van der Waals surface area contributed by atoms with Crippen LogP contribution in [0.25, 0.3) is 0 Å². The summed E-state index contributed by atoms with van der Waals surface area (Å²) in [5.41, 5.74) is 4.72. The van der Waals surface area contributed by atoms with E-state index in [1.165, 1.54) is 5.56 Å². The molecule has 30 heavy (non-hydrogen) atoms. The van der Waals surface area contributed by atoms with Crippen molar-refractivity contribution in [3.05, 3.63) is 101 Å². The molecule has 4 nitrogen and oxygen atoms in total. The van der Waals surface area contributed by atoms with E-state index in [-0.39, 0.29) is 17.2 Å². The van der Waals surface area contributed by atoms with Gasteiger partial charge in [0.15, 0.2) is 0 Å². The number of anilines is 1. The Balaban J connectivity index is 1.44. The number of aryl methyl sites for hydroxylation is 1. The second-order valence-electron chi connectivity index (χ2n) is 7.38. The summed E-state index contributed by atoms with van der Waals surface area (Å²) < 4.78 is 0. The van der Waals surface area contributed by atoms with Gasteiger partial charge in [0.25, 0.3) is 5.91 Å². The maximum absolute atomic E-state index is 12.6. The molecular formula is C25H24N2O2S. The average Bonchev–Trinajstić information content (AvgIpc) is 3.15. The Labute approximate surface area is 181 Å². The fraction of sp³-hybridized carbons (Fsp3) is 0.200. The number of hydrogen-bond donors (Lipinski definition) is 1. The van der Waals surface area contributed by atoms with Gasteiger partial charge in [0.1, 0.15) is 5.37 Å². The van der Waals surface area contributed by atoms with Crippen LogP contribution >= 0.6 is 11.8 Å². The van der Waals surface area contributed by atoms with Crippen LogP contribution in [0.15, 0.2) is 78.9 Å².